The minimum atomic E-state index is -0.535. The van der Waals surface area contributed by atoms with Crippen LogP contribution in [0.1, 0.15) is 116 Å². The first-order chi connectivity index (χ1) is 57.4. The minimum absolute atomic E-state index is 0.00233. The third-order valence-corrected chi connectivity index (χ3v) is 23.1. The molecule has 5 nitrogen and oxygen atoms in total. The van der Waals surface area contributed by atoms with Gasteiger partial charge in [-0.2, -0.15) is 0 Å². The van der Waals surface area contributed by atoms with Gasteiger partial charge in [-0.05, 0) is 209 Å². The van der Waals surface area contributed by atoms with Crippen molar-refractivity contribution >= 4 is 118 Å². The van der Waals surface area contributed by atoms with Crippen molar-refractivity contribution in [3.63, 3.8) is 0 Å². The van der Waals surface area contributed by atoms with Gasteiger partial charge in [-0.15, -0.1) is 0 Å². The molecule has 2 aliphatic heterocycles. The van der Waals surface area contributed by atoms with Gasteiger partial charge in [0, 0.05) is 83.9 Å². The van der Waals surface area contributed by atoms with Crippen LogP contribution < -0.4 is 31.1 Å². The van der Waals surface area contributed by atoms with Gasteiger partial charge in [0.1, 0.15) is 0 Å². The lowest BCUT2D eigenvalue weighted by atomic mass is 9.33. The van der Waals surface area contributed by atoms with Crippen molar-refractivity contribution in [2.75, 3.05) is 14.7 Å². The second-order valence-electron chi connectivity index (χ2n) is 34.4. The van der Waals surface area contributed by atoms with Crippen molar-refractivity contribution in [3.8, 4) is 55.9 Å². The number of nitrogens with zero attached hydrogens (tertiary/aromatic N) is 5. The number of hydrogen-bond donors (Lipinski definition) is 0. The molecule has 17 aromatic rings. The Labute approximate surface area is 671 Å². The average molecular weight is 1450 g/mol. The number of benzene rings is 15. The molecule has 112 heavy (non-hydrogen) atoms. The summed E-state index contributed by atoms with van der Waals surface area (Å²) in [5.74, 6) is 0. The lowest BCUT2D eigenvalue weighted by Crippen LogP contribution is -2.61. The zero-order valence-electron chi connectivity index (χ0n) is 73.5. The van der Waals surface area contributed by atoms with Crippen LogP contribution in [0, 0.1) is 0 Å². The lowest BCUT2D eigenvalue weighted by molar-refractivity contribution is 0.569. The van der Waals surface area contributed by atoms with E-state index in [2.05, 4.69) is 387 Å². The normalized spacial score (nSPS) is 13.9. The van der Waals surface area contributed by atoms with Crippen LogP contribution in [0.25, 0.3) is 99.5 Å². The highest BCUT2D eigenvalue weighted by atomic mass is 15.2. The second kappa shape index (κ2) is 26.6. The highest BCUT2D eigenvalue weighted by Crippen LogP contribution is 2.55. The SMILES string of the molecule is [2H]c1c([2H])c([2H])c2c(c1[2H])c1c([2H])c([2H])c([2H])c([2H])c1n2-c1ccc2c(c1)N(c1c(-c3ccccc3)cc(C(C)(C)C)cc1-c1ccccc1)c1cc(N(c3ccccc3)c3ccc(-n4c5ccccc5c5ccccc54)cc3)cc3c1B2c1ccc(-c2cc(C(C)(C)C)cc(C(C)(C)C)c2)cc1N3c1cc(-c2ccccc2)cc(C(C)(C)C)c1. The molecule has 0 saturated heterocycles. The van der Waals surface area contributed by atoms with Gasteiger partial charge in [0.2, 0.25) is 0 Å². The number of para-hydroxylation sites is 5. The Kier molecular flexibility index (Phi) is 14.5. The maximum Gasteiger partial charge on any atom is 0.252 e. The zero-order chi connectivity index (χ0) is 83.7. The van der Waals surface area contributed by atoms with Gasteiger partial charge in [0.25, 0.3) is 6.71 Å². The van der Waals surface area contributed by atoms with Gasteiger partial charge in [-0.25, -0.2) is 0 Å². The molecule has 15 aromatic carbocycles. The Bertz CT molecular complexity index is 6830. The summed E-state index contributed by atoms with van der Waals surface area (Å²) in [4.78, 5) is 7.41. The molecule has 0 unspecified atom stereocenters. The molecule has 0 fully saturated rings. The molecule has 6 heteroatoms. The largest absolute Gasteiger partial charge is 0.311 e. The molecular weight excluding hydrogens is 1350 g/mol. The molecule has 0 atom stereocenters. The molecule has 0 amide bonds. The molecule has 0 aliphatic carbocycles. The molecule has 4 heterocycles. The Balaban J connectivity index is 1.01. The van der Waals surface area contributed by atoms with E-state index in [1.165, 1.54) is 21.9 Å². The summed E-state index contributed by atoms with van der Waals surface area (Å²) in [5.41, 5.74) is 26.5. The Hall–Kier alpha value is -12.6. The van der Waals surface area contributed by atoms with Crippen LogP contribution in [0.2, 0.25) is 0 Å². The smallest absolute Gasteiger partial charge is 0.252 e. The molecule has 544 valence electrons. The summed E-state index contributed by atoms with van der Waals surface area (Å²) < 4.78 is 80.5. The number of hydrogen-bond acceptors (Lipinski definition) is 3. The van der Waals surface area contributed by atoms with Crippen LogP contribution in [-0.2, 0) is 21.7 Å². The summed E-state index contributed by atoms with van der Waals surface area (Å²) >= 11 is 0. The van der Waals surface area contributed by atoms with E-state index < -0.39 is 43.0 Å². The predicted molar refractivity (Wildman–Crippen MR) is 480 cm³/mol. The van der Waals surface area contributed by atoms with Crippen LogP contribution in [0.4, 0.5) is 51.2 Å². The monoisotopic (exact) mass is 1450 g/mol. The van der Waals surface area contributed by atoms with Crippen molar-refractivity contribution in [2.24, 2.45) is 0 Å². The molecule has 2 aromatic heterocycles. The standard InChI is InChI=1S/C106H92BN5/c1-103(2,3)75-57-73(58-76(62-75)104(4,5)6)72-49-55-91-97(61-72)111(83-60-74(69-33-17-13-18-34-69)59-77(63-83)105(7,8)9)99-67-84(108(79-39-23-16-24-40-79)80-50-52-81(53-51-80)109-93-45-29-25-41-85(93)86-42-26-30-46-94(86)109)68-100-101(99)107(91)92-56-54-82(110-95-47-31-27-43-87(95)88-44-28-32-48-96(88)110)66-98(92)112(100)102-89(70-35-19-14-20-36-70)64-78(106(10,11)12)65-90(102)71-37-21-15-22-38-71/h13-68H,1-12H3/i27D,28D,31D,32D,43D,44D,47D,48D. The van der Waals surface area contributed by atoms with E-state index in [1.54, 1.807) is 4.57 Å². The first kappa shape index (κ1) is 61.2. The van der Waals surface area contributed by atoms with E-state index in [4.69, 9.17) is 0 Å². The van der Waals surface area contributed by atoms with Crippen molar-refractivity contribution < 1.29 is 11.0 Å². The molecular formula is C106H92BN5. The maximum absolute atomic E-state index is 9.98. The maximum atomic E-state index is 9.98. The molecule has 0 N–H and O–H groups in total. The van der Waals surface area contributed by atoms with E-state index in [9.17, 15) is 11.0 Å². The fraction of sp³-hybridized carbons (Fsp3) is 0.151. The van der Waals surface area contributed by atoms with Crippen molar-refractivity contribution in [1.29, 1.82) is 0 Å². The second-order valence-corrected chi connectivity index (χ2v) is 34.4. The third-order valence-electron chi connectivity index (χ3n) is 23.1. The van der Waals surface area contributed by atoms with E-state index in [0.717, 1.165) is 140 Å². The zero-order valence-corrected chi connectivity index (χ0v) is 65.5. The average Bonchev–Trinajstić information content (AvgIpc) is 1.67. The number of anilines is 9. The topological polar surface area (TPSA) is 19.6 Å². The molecule has 2 aliphatic rings. The molecule has 0 spiro atoms. The fourth-order valence-electron chi connectivity index (χ4n) is 17.2. The van der Waals surface area contributed by atoms with Gasteiger partial charge >= 0.3 is 0 Å². The van der Waals surface area contributed by atoms with Crippen LogP contribution >= 0.6 is 0 Å². The lowest BCUT2D eigenvalue weighted by Gasteiger charge is -2.46. The van der Waals surface area contributed by atoms with Crippen LogP contribution in [0.15, 0.2) is 340 Å². The van der Waals surface area contributed by atoms with Crippen molar-refractivity contribution in [1.82, 2.24) is 9.13 Å². The van der Waals surface area contributed by atoms with Crippen LogP contribution in [-0.4, -0.2) is 15.8 Å². The first-order valence-corrected chi connectivity index (χ1v) is 39.1. The van der Waals surface area contributed by atoms with E-state index in [0.29, 0.717) is 5.69 Å². The Morgan fingerprint density at radius 2 is 0.696 bits per heavy atom. The molecule has 0 bridgehead atoms. The van der Waals surface area contributed by atoms with Gasteiger partial charge < -0.3 is 23.8 Å². The van der Waals surface area contributed by atoms with Gasteiger partial charge in [0.05, 0.1) is 44.4 Å². The van der Waals surface area contributed by atoms with Gasteiger partial charge in [-0.3, -0.25) is 0 Å². The molecule has 0 saturated carbocycles. The summed E-state index contributed by atoms with van der Waals surface area (Å²) in [6, 6.07) is 103. The summed E-state index contributed by atoms with van der Waals surface area (Å²) in [6.07, 6.45) is 0. The minimum Gasteiger partial charge on any atom is -0.311 e. The highest BCUT2D eigenvalue weighted by Gasteiger charge is 2.46. The van der Waals surface area contributed by atoms with Gasteiger partial charge in [-0.1, -0.05) is 307 Å². The number of fused-ring (bicyclic) bond motifs is 10. The molecule has 0 radical (unpaired) electrons. The fourth-order valence-corrected chi connectivity index (χ4v) is 17.2. The van der Waals surface area contributed by atoms with Crippen molar-refractivity contribution in [2.45, 2.75) is 105 Å². The first-order valence-electron chi connectivity index (χ1n) is 43.1. The van der Waals surface area contributed by atoms with Crippen LogP contribution in [0.5, 0.6) is 0 Å². The quantitative estimate of drug-likeness (QED) is 0.120. The van der Waals surface area contributed by atoms with E-state index >= 15 is 0 Å². The Morgan fingerprint density at radius 1 is 0.277 bits per heavy atom. The summed E-state index contributed by atoms with van der Waals surface area (Å²) in [6.45, 7) is 26.9. The van der Waals surface area contributed by atoms with Crippen molar-refractivity contribution in [3.05, 3.63) is 362 Å². The summed E-state index contributed by atoms with van der Waals surface area (Å²) in [5, 5.41) is 2.35. The van der Waals surface area contributed by atoms with E-state index in [1.807, 2.05) is 6.07 Å². The summed E-state index contributed by atoms with van der Waals surface area (Å²) in [7, 11) is 0. The number of rotatable bonds is 11. The van der Waals surface area contributed by atoms with Crippen LogP contribution in [0.3, 0.4) is 0 Å². The highest BCUT2D eigenvalue weighted by molar-refractivity contribution is 7.00. The van der Waals surface area contributed by atoms with E-state index in [-0.39, 0.29) is 55.6 Å². The predicted octanol–water partition coefficient (Wildman–Crippen LogP) is 27.3. The Morgan fingerprint density at radius 3 is 1.23 bits per heavy atom. The number of aromatic nitrogens is 2. The van der Waals surface area contributed by atoms with Gasteiger partial charge in [0.15, 0.2) is 0 Å². The third kappa shape index (κ3) is 11.9. The molecule has 19 rings (SSSR count).